The third-order valence-corrected chi connectivity index (χ3v) is 5.97. The van der Waals surface area contributed by atoms with Gasteiger partial charge in [-0.15, -0.1) is 0 Å². The third-order valence-electron chi connectivity index (χ3n) is 5.97. The van der Waals surface area contributed by atoms with Crippen LogP contribution < -0.4 is 9.47 Å². The number of Topliss-reactive ketones (excluding diaryl/α,β-unsaturated/α-hetero) is 1. The van der Waals surface area contributed by atoms with E-state index in [9.17, 15) is 4.79 Å². The topological polar surface area (TPSA) is 65.7 Å². The summed E-state index contributed by atoms with van der Waals surface area (Å²) in [5.41, 5.74) is 6.05. The Labute approximate surface area is 180 Å². The van der Waals surface area contributed by atoms with Crippen LogP contribution >= 0.6 is 0 Å². The number of hydrogen-bond acceptors (Lipinski definition) is 5. The van der Waals surface area contributed by atoms with Gasteiger partial charge in [0.25, 0.3) is 0 Å². The zero-order valence-corrected chi connectivity index (χ0v) is 17.8. The molecule has 1 atom stereocenters. The summed E-state index contributed by atoms with van der Waals surface area (Å²) in [6.07, 6.45) is 2.94. The number of fused-ring (bicyclic) bond motifs is 2. The highest BCUT2D eigenvalue weighted by Gasteiger charge is 2.30. The predicted molar refractivity (Wildman–Crippen MR) is 118 cm³/mol. The van der Waals surface area contributed by atoms with E-state index in [0.29, 0.717) is 18.4 Å². The van der Waals surface area contributed by atoms with Gasteiger partial charge in [0.15, 0.2) is 11.4 Å². The van der Waals surface area contributed by atoms with Crippen molar-refractivity contribution in [3.05, 3.63) is 77.2 Å². The molecular weight excluding hydrogens is 390 g/mol. The summed E-state index contributed by atoms with van der Waals surface area (Å²) in [6, 6.07) is 15.8. The second-order valence-corrected chi connectivity index (χ2v) is 7.83. The molecule has 0 spiro atoms. The average molecular weight is 413 g/mol. The maximum atomic E-state index is 13.0. The van der Waals surface area contributed by atoms with Crippen LogP contribution in [0.25, 0.3) is 16.8 Å². The minimum Gasteiger partial charge on any atom is -0.497 e. The fourth-order valence-corrected chi connectivity index (χ4v) is 4.49. The van der Waals surface area contributed by atoms with Gasteiger partial charge in [-0.05, 0) is 42.7 Å². The van der Waals surface area contributed by atoms with Crippen LogP contribution in [0.4, 0.5) is 0 Å². The number of para-hydroxylation sites is 1. The summed E-state index contributed by atoms with van der Waals surface area (Å²) in [5.74, 6) is 1.71. The molecule has 6 heteroatoms. The van der Waals surface area contributed by atoms with Crippen molar-refractivity contribution >= 4 is 11.4 Å². The van der Waals surface area contributed by atoms with Crippen molar-refractivity contribution in [3.63, 3.8) is 0 Å². The highest BCUT2D eigenvalue weighted by molar-refractivity contribution is 5.99. The molecule has 0 saturated heterocycles. The Kier molecular flexibility index (Phi) is 4.70. The maximum absolute atomic E-state index is 13.0. The van der Waals surface area contributed by atoms with Crippen LogP contribution in [0, 0.1) is 6.92 Å². The monoisotopic (exact) mass is 413 g/mol. The van der Waals surface area contributed by atoms with E-state index in [1.54, 1.807) is 18.7 Å². The highest BCUT2D eigenvalue weighted by Crippen LogP contribution is 2.37. The summed E-state index contributed by atoms with van der Waals surface area (Å²) in [4.78, 5) is 18.0. The number of ether oxygens (including phenoxy) is 2. The first-order valence-electron chi connectivity index (χ1n) is 10.3. The Morgan fingerprint density at radius 1 is 1.03 bits per heavy atom. The first-order chi connectivity index (χ1) is 15.1. The van der Waals surface area contributed by atoms with Crippen LogP contribution in [0.15, 0.2) is 54.7 Å². The molecule has 0 saturated carbocycles. The first-order valence-corrected chi connectivity index (χ1v) is 10.3. The van der Waals surface area contributed by atoms with Gasteiger partial charge in [0.05, 0.1) is 31.2 Å². The van der Waals surface area contributed by atoms with Crippen LogP contribution in [0.2, 0.25) is 0 Å². The molecule has 0 N–H and O–H groups in total. The van der Waals surface area contributed by atoms with Crippen molar-refractivity contribution in [2.24, 2.45) is 0 Å². The average Bonchev–Trinajstić information content (AvgIpc) is 3.12. The maximum Gasteiger partial charge on any atom is 0.166 e. The fraction of sp³-hybridized carbons (Fsp3) is 0.240. The Morgan fingerprint density at radius 2 is 1.87 bits per heavy atom. The summed E-state index contributed by atoms with van der Waals surface area (Å²) in [7, 11) is 3.31. The van der Waals surface area contributed by atoms with Gasteiger partial charge in [-0.1, -0.05) is 30.3 Å². The van der Waals surface area contributed by atoms with Crippen LogP contribution in [0.3, 0.4) is 0 Å². The van der Waals surface area contributed by atoms with Crippen molar-refractivity contribution in [3.8, 4) is 22.6 Å². The summed E-state index contributed by atoms with van der Waals surface area (Å²) in [6.45, 7) is 1.96. The molecular formula is C25H23N3O3. The smallest absolute Gasteiger partial charge is 0.166 e. The SMILES string of the molecule is COc1cccc(-c2c(C)nn3cc4c(nc23)CC(c2ccccc2OC)CC4=O)c1. The molecule has 1 aliphatic carbocycles. The molecule has 156 valence electrons. The van der Waals surface area contributed by atoms with Gasteiger partial charge in [-0.3, -0.25) is 4.79 Å². The lowest BCUT2D eigenvalue weighted by atomic mass is 9.82. The molecule has 0 bridgehead atoms. The third kappa shape index (κ3) is 3.24. The summed E-state index contributed by atoms with van der Waals surface area (Å²) >= 11 is 0. The highest BCUT2D eigenvalue weighted by atomic mass is 16.5. The second-order valence-electron chi connectivity index (χ2n) is 7.83. The number of carbonyl (C=O) groups is 1. The fourth-order valence-electron chi connectivity index (χ4n) is 4.49. The molecule has 0 radical (unpaired) electrons. The molecule has 0 fully saturated rings. The normalized spacial score (nSPS) is 15.7. The van der Waals surface area contributed by atoms with Gasteiger partial charge >= 0.3 is 0 Å². The van der Waals surface area contributed by atoms with Crippen molar-refractivity contribution in [2.45, 2.75) is 25.7 Å². The van der Waals surface area contributed by atoms with E-state index in [2.05, 4.69) is 5.10 Å². The number of carbonyl (C=O) groups excluding carboxylic acids is 1. The van der Waals surface area contributed by atoms with Gasteiger partial charge in [0.2, 0.25) is 0 Å². The Morgan fingerprint density at radius 3 is 2.68 bits per heavy atom. The van der Waals surface area contributed by atoms with E-state index in [0.717, 1.165) is 45.2 Å². The number of benzene rings is 2. The van der Waals surface area contributed by atoms with E-state index in [1.807, 2.05) is 61.7 Å². The zero-order valence-electron chi connectivity index (χ0n) is 17.8. The Hall–Kier alpha value is -3.67. The van der Waals surface area contributed by atoms with E-state index in [-0.39, 0.29) is 11.7 Å². The van der Waals surface area contributed by atoms with Crippen LogP contribution in [-0.4, -0.2) is 34.6 Å². The Balaban J connectivity index is 1.63. The van der Waals surface area contributed by atoms with Gasteiger partial charge < -0.3 is 9.47 Å². The zero-order chi connectivity index (χ0) is 21.5. The first kappa shape index (κ1) is 19.3. The van der Waals surface area contributed by atoms with Gasteiger partial charge in [-0.25, -0.2) is 9.50 Å². The van der Waals surface area contributed by atoms with E-state index >= 15 is 0 Å². The number of rotatable bonds is 4. The van der Waals surface area contributed by atoms with Gasteiger partial charge in [-0.2, -0.15) is 5.10 Å². The van der Waals surface area contributed by atoms with Crippen molar-refractivity contribution in [2.75, 3.05) is 14.2 Å². The molecule has 6 nitrogen and oxygen atoms in total. The number of methoxy groups -OCH3 is 2. The summed E-state index contributed by atoms with van der Waals surface area (Å²) in [5, 5.41) is 4.63. The molecule has 2 aromatic heterocycles. The standard InChI is InChI=1S/C25H23N3O3/c1-15-24(16-7-6-8-18(11-16)30-2)25-26-21-12-17(19-9-4-5-10-23(19)31-3)13-22(29)20(21)14-28(25)27-15/h4-11,14,17H,12-13H2,1-3H3. The number of aryl methyl sites for hydroxylation is 1. The quantitative estimate of drug-likeness (QED) is 0.488. The predicted octanol–water partition coefficient (Wildman–Crippen LogP) is 4.63. The van der Waals surface area contributed by atoms with Gasteiger partial charge in [0, 0.05) is 24.1 Å². The Bertz CT molecular complexity index is 1310. The van der Waals surface area contributed by atoms with Crippen molar-refractivity contribution in [1.82, 2.24) is 14.6 Å². The van der Waals surface area contributed by atoms with Crippen LogP contribution in [0.1, 0.15) is 39.6 Å². The van der Waals surface area contributed by atoms with Gasteiger partial charge in [0.1, 0.15) is 11.5 Å². The second kappa shape index (κ2) is 7.54. The molecule has 1 unspecified atom stereocenters. The van der Waals surface area contributed by atoms with Crippen LogP contribution in [-0.2, 0) is 6.42 Å². The molecule has 2 heterocycles. The number of nitrogens with zero attached hydrogens (tertiary/aromatic N) is 3. The largest absolute Gasteiger partial charge is 0.497 e. The lowest BCUT2D eigenvalue weighted by molar-refractivity contribution is 0.0962. The lowest BCUT2D eigenvalue weighted by Gasteiger charge is -2.24. The molecule has 31 heavy (non-hydrogen) atoms. The van der Waals surface area contributed by atoms with E-state index < -0.39 is 0 Å². The molecule has 0 amide bonds. The van der Waals surface area contributed by atoms with E-state index in [1.165, 1.54) is 0 Å². The molecule has 2 aromatic carbocycles. The molecule has 1 aliphatic rings. The van der Waals surface area contributed by atoms with Crippen LogP contribution in [0.5, 0.6) is 11.5 Å². The number of ketones is 1. The molecule has 4 aromatic rings. The minimum absolute atomic E-state index is 0.0374. The molecule has 5 rings (SSSR count). The van der Waals surface area contributed by atoms with Crippen molar-refractivity contribution < 1.29 is 14.3 Å². The summed E-state index contributed by atoms with van der Waals surface area (Å²) < 4.78 is 12.7. The minimum atomic E-state index is 0.0374. The number of hydrogen-bond donors (Lipinski definition) is 0. The van der Waals surface area contributed by atoms with Crippen molar-refractivity contribution in [1.29, 1.82) is 0 Å². The van der Waals surface area contributed by atoms with E-state index in [4.69, 9.17) is 14.5 Å². The number of aromatic nitrogens is 3. The lowest BCUT2D eigenvalue weighted by Crippen LogP contribution is -2.21. The molecule has 0 aliphatic heterocycles.